The Morgan fingerprint density at radius 1 is 1.29 bits per heavy atom. The van der Waals surface area contributed by atoms with E-state index >= 15 is 0 Å². The molecule has 10 heteroatoms. The van der Waals surface area contributed by atoms with Gasteiger partial charge in [0, 0.05) is 49.7 Å². The lowest BCUT2D eigenvalue weighted by molar-refractivity contribution is -0.124. The average Bonchev–Trinajstić information content (AvgIpc) is 3.40. The Morgan fingerprint density at radius 2 is 1.97 bits per heavy atom. The van der Waals surface area contributed by atoms with Gasteiger partial charge in [0.2, 0.25) is 0 Å². The highest BCUT2D eigenvalue weighted by Gasteiger charge is 2.28. The van der Waals surface area contributed by atoms with Crippen molar-refractivity contribution >= 4 is 42.9 Å². The number of carbonyl (C=O) groups is 2. The molecule has 7 nitrogen and oxygen atoms in total. The summed E-state index contributed by atoms with van der Waals surface area (Å²) in [4.78, 5) is 27.2. The van der Waals surface area contributed by atoms with Crippen LogP contribution in [0.3, 0.4) is 0 Å². The van der Waals surface area contributed by atoms with Gasteiger partial charge in [-0.05, 0) is 54.4 Å². The fraction of sp³-hybridized carbons (Fsp3) is 0.250. The highest BCUT2D eigenvalue weighted by molar-refractivity contribution is 7.55. The van der Waals surface area contributed by atoms with Gasteiger partial charge < -0.3 is 25.8 Å². The van der Waals surface area contributed by atoms with Crippen LogP contribution in [0.5, 0.6) is 0 Å². The summed E-state index contributed by atoms with van der Waals surface area (Å²) in [5, 5.41) is 4.78. The van der Waals surface area contributed by atoms with E-state index in [0.717, 1.165) is 17.2 Å². The lowest BCUT2D eigenvalue weighted by Gasteiger charge is -2.26. The molecule has 1 aliphatic rings. The van der Waals surface area contributed by atoms with E-state index in [1.54, 1.807) is 54.2 Å². The third kappa shape index (κ3) is 7.05. The number of rotatable bonds is 10. The van der Waals surface area contributed by atoms with Crippen LogP contribution in [0.4, 0.5) is 14.5 Å². The number of halogens is 2. The van der Waals surface area contributed by atoms with Gasteiger partial charge in [-0.25, -0.2) is 8.78 Å². The van der Waals surface area contributed by atoms with Crippen molar-refractivity contribution in [3.05, 3.63) is 78.1 Å². The normalized spacial score (nSPS) is 15.8. The molecule has 2 atom stereocenters. The predicted molar refractivity (Wildman–Crippen MR) is 150 cm³/mol. The van der Waals surface area contributed by atoms with E-state index in [1.165, 1.54) is 18.2 Å². The van der Waals surface area contributed by atoms with Crippen LogP contribution in [0.2, 0.25) is 0 Å². The van der Waals surface area contributed by atoms with Crippen LogP contribution in [-0.4, -0.2) is 43.1 Å². The van der Waals surface area contributed by atoms with Crippen LogP contribution in [0, 0.1) is 29.4 Å². The minimum absolute atomic E-state index is 0.0215. The lowest BCUT2D eigenvalue weighted by atomic mass is 9.96. The Bertz CT molecular complexity index is 1290. The molecule has 38 heavy (non-hydrogen) atoms. The average molecular weight is 538 g/mol. The molecule has 0 saturated carbocycles. The predicted octanol–water partition coefficient (Wildman–Crippen LogP) is 2.75. The number of nitrogens with two attached hydrogens (primary N) is 1. The van der Waals surface area contributed by atoms with Crippen LogP contribution in [-0.2, 0) is 9.59 Å². The molecular formula is C28H30F2N5O2P. The number of amidine groups is 1. The Hall–Kier alpha value is -4.02. The van der Waals surface area contributed by atoms with E-state index in [-0.39, 0.29) is 38.0 Å². The maximum Gasteiger partial charge on any atom is 0.298 e. The smallest absolute Gasteiger partial charge is 0.298 e. The summed E-state index contributed by atoms with van der Waals surface area (Å²) < 4.78 is 28.3. The number of carbonyl (C=O) groups excluding carboxylic acids is 2. The van der Waals surface area contributed by atoms with E-state index < -0.39 is 11.6 Å². The Labute approximate surface area is 223 Å². The van der Waals surface area contributed by atoms with E-state index in [2.05, 4.69) is 28.9 Å². The summed E-state index contributed by atoms with van der Waals surface area (Å²) in [5.41, 5.74) is 10.6. The molecule has 1 heterocycles. The zero-order valence-electron chi connectivity index (χ0n) is 21.3. The third-order valence-electron chi connectivity index (χ3n) is 6.04. The van der Waals surface area contributed by atoms with Crippen molar-refractivity contribution in [2.24, 2.45) is 16.8 Å². The van der Waals surface area contributed by atoms with Crippen molar-refractivity contribution < 1.29 is 18.4 Å². The first-order valence-corrected chi connectivity index (χ1v) is 12.9. The number of hydrogen-bond donors (Lipinski definition) is 2. The van der Waals surface area contributed by atoms with Gasteiger partial charge >= 0.3 is 0 Å². The van der Waals surface area contributed by atoms with Gasteiger partial charge in [-0.3, -0.25) is 4.79 Å². The minimum atomic E-state index is -0.589. The minimum Gasteiger partial charge on any atom is -0.381 e. The largest absolute Gasteiger partial charge is 0.381 e. The topological polar surface area (TPSA) is 91.0 Å². The molecule has 2 aromatic rings. The molecule has 3 rings (SSSR count). The van der Waals surface area contributed by atoms with Crippen molar-refractivity contribution in [2.75, 3.05) is 25.0 Å². The van der Waals surface area contributed by atoms with Crippen LogP contribution in [0.15, 0.2) is 71.6 Å². The zero-order valence-corrected chi connectivity index (χ0v) is 22.3. The molecule has 0 aromatic heterocycles. The number of hydrazone groups is 1. The summed E-state index contributed by atoms with van der Waals surface area (Å²) in [6, 6.07) is 10.9. The maximum atomic E-state index is 14.1. The molecule has 3 N–H and O–H groups in total. The molecule has 2 aromatic carbocycles. The first-order chi connectivity index (χ1) is 18.3. The number of nitrogens with zero attached hydrogens (tertiary/aromatic N) is 3. The monoisotopic (exact) mass is 537 g/mol. The van der Waals surface area contributed by atoms with Crippen molar-refractivity contribution in [2.45, 2.75) is 19.8 Å². The Balaban J connectivity index is 1.94. The van der Waals surface area contributed by atoms with E-state index in [0.29, 0.717) is 30.9 Å². The van der Waals surface area contributed by atoms with Gasteiger partial charge in [0.1, 0.15) is 17.9 Å². The molecular weight excluding hydrogens is 507 g/mol. The number of aldehydes is 1. The summed E-state index contributed by atoms with van der Waals surface area (Å²) in [5.74, 6) is 3.85. The van der Waals surface area contributed by atoms with E-state index in [1.807, 2.05) is 0 Å². The molecule has 0 aliphatic carbocycles. The standard InChI is InChI=1S/C28H30F2N5O2P/c1-4-6-26(37)34-15-13-20(17-34)21(14-16-36)18-35(19(2)28(31)33-32-3)22-9-11-23(12-10-22)38-27-24(29)7-5-8-25(27)30/h5,7-12,16,18,20,32,38H,2,13-15,17H2,1,3H3,(H2,31,33)/b21-18+. The highest BCUT2D eigenvalue weighted by atomic mass is 31.1. The molecule has 1 fully saturated rings. The van der Waals surface area contributed by atoms with Crippen molar-refractivity contribution in [1.29, 1.82) is 0 Å². The number of nitrogens with one attached hydrogen (secondary N) is 1. The second-order valence-electron chi connectivity index (χ2n) is 8.49. The van der Waals surface area contributed by atoms with Crippen LogP contribution in [0.1, 0.15) is 19.8 Å². The molecule has 0 radical (unpaired) electrons. The van der Waals surface area contributed by atoms with Gasteiger partial charge in [0.05, 0.1) is 5.70 Å². The number of likely N-dealkylation sites (tertiary alicyclic amines) is 1. The van der Waals surface area contributed by atoms with Crippen LogP contribution in [0.25, 0.3) is 0 Å². The van der Waals surface area contributed by atoms with Gasteiger partial charge in [-0.1, -0.05) is 39.3 Å². The molecule has 1 aliphatic heterocycles. The van der Waals surface area contributed by atoms with Crippen molar-refractivity contribution in [3.63, 3.8) is 0 Å². The summed E-state index contributed by atoms with van der Waals surface area (Å²) >= 11 is 0. The van der Waals surface area contributed by atoms with Crippen molar-refractivity contribution in [3.8, 4) is 11.8 Å². The Morgan fingerprint density at radius 3 is 2.58 bits per heavy atom. The molecule has 2 unspecified atom stereocenters. The Kier molecular flexibility index (Phi) is 10.1. The molecule has 1 amide bonds. The second-order valence-corrected chi connectivity index (χ2v) is 9.82. The molecule has 0 bridgehead atoms. The number of anilines is 1. The van der Waals surface area contributed by atoms with E-state index in [4.69, 9.17) is 5.73 Å². The first-order valence-electron chi connectivity index (χ1n) is 11.9. The van der Waals surface area contributed by atoms with Gasteiger partial charge in [-0.15, -0.1) is 0 Å². The van der Waals surface area contributed by atoms with Gasteiger partial charge in [0.25, 0.3) is 5.91 Å². The first kappa shape index (κ1) is 28.5. The fourth-order valence-corrected chi connectivity index (χ4v) is 5.13. The summed E-state index contributed by atoms with van der Waals surface area (Å²) in [6.45, 7) is 6.69. The molecule has 198 valence electrons. The number of hydrogen-bond acceptors (Lipinski definition) is 5. The number of benzene rings is 2. The summed E-state index contributed by atoms with van der Waals surface area (Å²) in [6.07, 6.45) is 3.46. The third-order valence-corrected chi connectivity index (χ3v) is 7.39. The molecule has 0 spiro atoms. The second kappa shape index (κ2) is 13.5. The zero-order chi connectivity index (χ0) is 27.7. The van der Waals surface area contributed by atoms with E-state index in [9.17, 15) is 18.4 Å². The van der Waals surface area contributed by atoms with Gasteiger partial charge in [-0.2, -0.15) is 5.10 Å². The lowest BCUT2D eigenvalue weighted by Crippen LogP contribution is -2.30. The molecule has 1 saturated heterocycles. The van der Waals surface area contributed by atoms with Crippen LogP contribution < -0.4 is 26.7 Å². The van der Waals surface area contributed by atoms with Crippen LogP contribution >= 0.6 is 8.58 Å². The summed E-state index contributed by atoms with van der Waals surface area (Å²) in [7, 11) is 1.40. The number of amides is 1. The maximum absolute atomic E-state index is 14.1. The quantitative estimate of drug-likeness (QED) is 0.122. The van der Waals surface area contributed by atoms with Gasteiger partial charge in [0.15, 0.2) is 5.84 Å². The highest BCUT2D eigenvalue weighted by Crippen LogP contribution is 2.29. The fourth-order valence-electron chi connectivity index (χ4n) is 4.10. The SMILES string of the molecule is C=C(/C(N)=N\NC)N(/C=C(\CC=O)C1CCN(C(=O)C#CC)C1)c1ccc(Pc2c(F)cccc2F)cc1. The van der Waals surface area contributed by atoms with Crippen molar-refractivity contribution in [1.82, 2.24) is 10.3 Å².